The minimum absolute atomic E-state index is 0.0183. The van der Waals surface area contributed by atoms with Gasteiger partial charge in [0.15, 0.2) is 9.84 Å². The smallest absolute Gasteiger partial charge is 0.269 e. The van der Waals surface area contributed by atoms with Crippen molar-refractivity contribution in [3.05, 3.63) is 64.2 Å². The first-order valence-corrected chi connectivity index (χ1v) is 11.0. The van der Waals surface area contributed by atoms with Crippen molar-refractivity contribution in [2.24, 2.45) is 0 Å². The third-order valence-electron chi connectivity index (χ3n) is 4.74. The van der Waals surface area contributed by atoms with E-state index >= 15 is 0 Å². The highest BCUT2D eigenvalue weighted by Gasteiger charge is 2.17. The Bertz CT molecular complexity index is 957. The Labute approximate surface area is 170 Å². The molecule has 2 aromatic rings. The number of carbonyl (C=O) groups is 1. The summed E-state index contributed by atoms with van der Waals surface area (Å²) in [5.41, 5.74) is 1.65. The first-order chi connectivity index (χ1) is 13.6. The number of carbonyl (C=O) groups excluding carboxylic acids is 1. The van der Waals surface area contributed by atoms with E-state index in [1.165, 1.54) is 12.1 Å². The third-order valence-corrected chi connectivity index (χ3v) is 5.87. The van der Waals surface area contributed by atoms with Gasteiger partial charge in [-0.1, -0.05) is 12.1 Å². The molecule has 0 aliphatic carbocycles. The van der Waals surface area contributed by atoms with Crippen molar-refractivity contribution in [1.82, 2.24) is 4.90 Å². The largest absolute Gasteiger partial charge is 0.385 e. The number of sulfone groups is 1. The van der Waals surface area contributed by atoms with Crippen molar-refractivity contribution in [2.75, 3.05) is 25.2 Å². The standard InChI is InChI=1S/C20H25N3O5S/c1-15(16-6-12-19(13-7-16)29(3,27)28)22(2)20(24)5-4-14-21-17-8-10-18(11-9-17)23(25)26/h6-13,15,21H,4-5,14H2,1-3H3. The lowest BCUT2D eigenvalue weighted by Gasteiger charge is -2.25. The zero-order valence-electron chi connectivity index (χ0n) is 16.7. The van der Waals surface area contributed by atoms with E-state index in [0.717, 1.165) is 17.5 Å². The summed E-state index contributed by atoms with van der Waals surface area (Å²) in [4.78, 5) is 24.5. The predicted molar refractivity (Wildman–Crippen MR) is 112 cm³/mol. The van der Waals surface area contributed by atoms with Crippen molar-refractivity contribution in [1.29, 1.82) is 0 Å². The lowest BCUT2D eigenvalue weighted by Crippen LogP contribution is -2.29. The minimum Gasteiger partial charge on any atom is -0.385 e. The van der Waals surface area contributed by atoms with Gasteiger partial charge in [0.1, 0.15) is 0 Å². The van der Waals surface area contributed by atoms with E-state index < -0.39 is 14.8 Å². The number of rotatable bonds is 9. The summed E-state index contributed by atoms with van der Waals surface area (Å²) in [6.45, 7) is 2.46. The summed E-state index contributed by atoms with van der Waals surface area (Å²) in [6, 6.07) is 12.5. The van der Waals surface area contributed by atoms with Crippen LogP contribution in [-0.2, 0) is 14.6 Å². The Kier molecular flexibility index (Phi) is 7.33. The number of nitro groups is 1. The molecule has 2 rings (SSSR count). The SMILES string of the molecule is CC(c1ccc(S(C)(=O)=O)cc1)N(C)C(=O)CCCNc1ccc([N+](=O)[O-])cc1. The number of nitrogens with zero attached hydrogens (tertiary/aromatic N) is 2. The van der Waals surface area contributed by atoms with E-state index in [4.69, 9.17) is 0 Å². The normalized spacial score (nSPS) is 12.2. The Morgan fingerprint density at radius 3 is 2.24 bits per heavy atom. The van der Waals surface area contributed by atoms with Gasteiger partial charge in [0.2, 0.25) is 5.91 Å². The summed E-state index contributed by atoms with van der Waals surface area (Å²) >= 11 is 0. The fourth-order valence-corrected chi connectivity index (χ4v) is 3.41. The zero-order chi connectivity index (χ0) is 21.6. The Balaban J connectivity index is 1.82. The van der Waals surface area contributed by atoms with Crippen LogP contribution in [0.15, 0.2) is 53.4 Å². The molecule has 0 saturated carbocycles. The molecule has 0 aromatic heterocycles. The number of amides is 1. The van der Waals surface area contributed by atoms with Crippen LogP contribution in [0.3, 0.4) is 0 Å². The molecule has 0 saturated heterocycles. The molecule has 0 spiro atoms. The van der Waals surface area contributed by atoms with Crippen molar-refractivity contribution < 1.29 is 18.1 Å². The van der Waals surface area contributed by atoms with Gasteiger partial charge in [-0.3, -0.25) is 14.9 Å². The highest BCUT2D eigenvalue weighted by molar-refractivity contribution is 7.90. The van der Waals surface area contributed by atoms with Crippen molar-refractivity contribution in [2.45, 2.75) is 30.7 Å². The molecule has 1 N–H and O–H groups in total. The van der Waals surface area contributed by atoms with E-state index in [9.17, 15) is 23.3 Å². The van der Waals surface area contributed by atoms with Crippen LogP contribution >= 0.6 is 0 Å². The summed E-state index contributed by atoms with van der Waals surface area (Å²) in [6.07, 6.45) is 2.12. The molecule has 9 heteroatoms. The number of benzene rings is 2. The average molecular weight is 420 g/mol. The Morgan fingerprint density at radius 1 is 1.14 bits per heavy atom. The van der Waals surface area contributed by atoms with Crippen molar-refractivity contribution in [3.63, 3.8) is 0 Å². The molecule has 0 fully saturated rings. The van der Waals surface area contributed by atoms with Crippen LogP contribution in [0.5, 0.6) is 0 Å². The molecule has 0 aliphatic rings. The Morgan fingerprint density at radius 2 is 1.72 bits per heavy atom. The molecule has 1 amide bonds. The summed E-state index contributed by atoms with van der Waals surface area (Å²) in [5.74, 6) is -0.0183. The van der Waals surface area contributed by atoms with Gasteiger partial charge < -0.3 is 10.2 Å². The second-order valence-corrected chi connectivity index (χ2v) is 8.87. The molecule has 156 valence electrons. The molecule has 8 nitrogen and oxygen atoms in total. The summed E-state index contributed by atoms with van der Waals surface area (Å²) in [5, 5.41) is 13.8. The first kappa shape index (κ1) is 22.4. The molecule has 29 heavy (non-hydrogen) atoms. The van der Waals surface area contributed by atoms with E-state index in [2.05, 4.69) is 5.32 Å². The van der Waals surface area contributed by atoms with Crippen LogP contribution in [0.2, 0.25) is 0 Å². The molecule has 2 aromatic carbocycles. The number of hydrogen-bond donors (Lipinski definition) is 1. The maximum atomic E-state index is 12.4. The van der Waals surface area contributed by atoms with Gasteiger partial charge in [-0.15, -0.1) is 0 Å². The fraction of sp³-hybridized carbons (Fsp3) is 0.350. The molecule has 0 bridgehead atoms. The van der Waals surface area contributed by atoms with Gasteiger partial charge in [0, 0.05) is 44.1 Å². The number of nitro benzene ring substituents is 1. The van der Waals surface area contributed by atoms with Gasteiger partial charge in [-0.2, -0.15) is 0 Å². The van der Waals surface area contributed by atoms with Crippen LogP contribution in [0, 0.1) is 10.1 Å². The van der Waals surface area contributed by atoms with Gasteiger partial charge in [0.25, 0.3) is 5.69 Å². The first-order valence-electron chi connectivity index (χ1n) is 9.13. The molecular formula is C20H25N3O5S. The average Bonchev–Trinajstić information content (AvgIpc) is 2.69. The second-order valence-electron chi connectivity index (χ2n) is 6.86. The summed E-state index contributed by atoms with van der Waals surface area (Å²) in [7, 11) is -1.52. The van der Waals surface area contributed by atoms with Gasteiger partial charge in [-0.25, -0.2) is 8.42 Å². The maximum Gasteiger partial charge on any atom is 0.269 e. The van der Waals surface area contributed by atoms with E-state index in [1.807, 2.05) is 6.92 Å². The van der Waals surface area contributed by atoms with Crippen LogP contribution in [0.1, 0.15) is 31.4 Å². The maximum absolute atomic E-state index is 12.4. The number of nitrogens with one attached hydrogen (secondary N) is 1. The molecule has 0 radical (unpaired) electrons. The Hall–Kier alpha value is -2.94. The lowest BCUT2D eigenvalue weighted by molar-refractivity contribution is -0.384. The highest BCUT2D eigenvalue weighted by atomic mass is 32.2. The molecular weight excluding hydrogens is 394 g/mol. The van der Waals surface area contributed by atoms with Gasteiger partial charge >= 0.3 is 0 Å². The van der Waals surface area contributed by atoms with Gasteiger partial charge in [0.05, 0.1) is 15.9 Å². The number of anilines is 1. The molecule has 0 heterocycles. The molecule has 0 aliphatic heterocycles. The van der Waals surface area contributed by atoms with Crippen LogP contribution in [0.4, 0.5) is 11.4 Å². The van der Waals surface area contributed by atoms with Crippen LogP contribution in [-0.4, -0.2) is 44.0 Å². The number of hydrogen-bond acceptors (Lipinski definition) is 6. The monoisotopic (exact) mass is 419 g/mol. The van der Waals surface area contributed by atoms with Crippen molar-refractivity contribution >= 4 is 27.1 Å². The van der Waals surface area contributed by atoms with E-state index in [0.29, 0.717) is 19.4 Å². The van der Waals surface area contributed by atoms with E-state index in [-0.39, 0.29) is 22.5 Å². The third kappa shape index (κ3) is 6.28. The number of non-ortho nitro benzene ring substituents is 1. The van der Waals surface area contributed by atoms with Crippen LogP contribution in [0.25, 0.3) is 0 Å². The van der Waals surface area contributed by atoms with E-state index in [1.54, 1.807) is 48.3 Å². The van der Waals surface area contributed by atoms with Crippen LogP contribution < -0.4 is 5.32 Å². The topological polar surface area (TPSA) is 110 Å². The lowest BCUT2D eigenvalue weighted by atomic mass is 10.1. The minimum atomic E-state index is -3.25. The summed E-state index contributed by atoms with van der Waals surface area (Å²) < 4.78 is 23.1. The molecule has 1 unspecified atom stereocenters. The molecule has 1 atom stereocenters. The van der Waals surface area contributed by atoms with Gasteiger partial charge in [-0.05, 0) is 43.2 Å². The zero-order valence-corrected chi connectivity index (χ0v) is 17.5. The fourth-order valence-electron chi connectivity index (χ4n) is 2.78. The van der Waals surface area contributed by atoms with Crippen molar-refractivity contribution in [3.8, 4) is 0 Å². The second kappa shape index (κ2) is 9.51. The quantitative estimate of drug-likeness (QED) is 0.379. The highest BCUT2D eigenvalue weighted by Crippen LogP contribution is 2.22. The predicted octanol–water partition coefficient (Wildman–Crippen LogP) is 3.41.